The highest BCUT2D eigenvalue weighted by Gasteiger charge is 2.05. The number of hydrogen-bond donors (Lipinski definition) is 1. The molecule has 0 fully saturated rings. The Morgan fingerprint density at radius 1 is 1.50 bits per heavy atom. The molecule has 1 N–H and O–H groups in total. The molecule has 0 aliphatic rings. The highest BCUT2D eigenvalue weighted by Crippen LogP contribution is 2.07. The van der Waals surface area contributed by atoms with E-state index in [1.807, 2.05) is 6.07 Å². The van der Waals surface area contributed by atoms with Gasteiger partial charge in [-0.15, -0.1) is 0 Å². The fourth-order valence-electron chi connectivity index (χ4n) is 1.16. The van der Waals surface area contributed by atoms with Crippen LogP contribution < -0.4 is 5.32 Å². The van der Waals surface area contributed by atoms with Crippen LogP contribution in [-0.2, 0) is 6.54 Å². The Kier molecular flexibility index (Phi) is 4.17. The maximum Gasteiger partial charge on any atom is 0.120 e. The second kappa shape index (κ2) is 5.17. The van der Waals surface area contributed by atoms with Crippen molar-refractivity contribution in [3.8, 4) is 0 Å². The quantitative estimate of drug-likeness (QED) is 0.776. The smallest absolute Gasteiger partial charge is 0.120 e. The zero-order valence-electron chi connectivity index (χ0n) is 9.50. The van der Waals surface area contributed by atoms with Crippen molar-refractivity contribution in [3.63, 3.8) is 0 Å². The third kappa shape index (κ3) is 3.16. The lowest BCUT2D eigenvalue weighted by Gasteiger charge is -2.19. The van der Waals surface area contributed by atoms with Crippen molar-refractivity contribution in [1.29, 1.82) is 0 Å². The van der Waals surface area contributed by atoms with Gasteiger partial charge in [0.25, 0.3) is 0 Å². The van der Waals surface area contributed by atoms with Gasteiger partial charge in [-0.05, 0) is 39.6 Å². The summed E-state index contributed by atoms with van der Waals surface area (Å²) in [5, 5.41) is 3.37. The van der Waals surface area contributed by atoms with Crippen molar-refractivity contribution in [2.24, 2.45) is 0 Å². The molecular formula is C11H20N2O. The van der Waals surface area contributed by atoms with Crippen molar-refractivity contribution < 1.29 is 4.42 Å². The Bertz CT molecular complexity index is 268. The van der Waals surface area contributed by atoms with E-state index >= 15 is 0 Å². The van der Waals surface area contributed by atoms with Gasteiger partial charge < -0.3 is 14.6 Å². The van der Waals surface area contributed by atoms with Gasteiger partial charge in [-0.1, -0.05) is 0 Å². The van der Waals surface area contributed by atoms with Crippen LogP contribution in [0.1, 0.15) is 18.2 Å². The van der Waals surface area contributed by atoms with Crippen LogP contribution >= 0.6 is 0 Å². The maximum absolute atomic E-state index is 5.33. The standard InChI is InChI=1S/C11H20N2O/c1-9-5-6-14-11(9)8-12-7-10(2)13(3)4/h5-6,10,12H,7-8H2,1-4H3. The van der Waals surface area contributed by atoms with Gasteiger partial charge in [-0.25, -0.2) is 0 Å². The lowest BCUT2D eigenvalue weighted by molar-refractivity contribution is 0.299. The number of nitrogens with zero attached hydrogens (tertiary/aromatic N) is 1. The molecule has 0 bridgehead atoms. The van der Waals surface area contributed by atoms with Gasteiger partial charge in [0.05, 0.1) is 12.8 Å². The summed E-state index contributed by atoms with van der Waals surface area (Å²) in [7, 11) is 4.18. The third-order valence-corrected chi connectivity index (χ3v) is 2.58. The Balaban J connectivity index is 2.25. The highest BCUT2D eigenvalue weighted by molar-refractivity contribution is 5.14. The Morgan fingerprint density at radius 2 is 2.21 bits per heavy atom. The van der Waals surface area contributed by atoms with E-state index in [1.165, 1.54) is 5.56 Å². The molecule has 0 amide bonds. The molecule has 0 saturated heterocycles. The minimum absolute atomic E-state index is 0.547. The molecule has 0 radical (unpaired) electrons. The summed E-state index contributed by atoms with van der Waals surface area (Å²) in [4.78, 5) is 2.20. The first-order valence-corrected chi connectivity index (χ1v) is 5.01. The van der Waals surface area contributed by atoms with E-state index in [0.29, 0.717) is 6.04 Å². The molecule has 0 saturated carbocycles. The second-order valence-electron chi connectivity index (χ2n) is 3.97. The van der Waals surface area contributed by atoms with Gasteiger partial charge in [0, 0.05) is 12.6 Å². The fourth-order valence-corrected chi connectivity index (χ4v) is 1.16. The second-order valence-corrected chi connectivity index (χ2v) is 3.97. The molecule has 0 aliphatic heterocycles. The summed E-state index contributed by atoms with van der Waals surface area (Å²) in [6, 6.07) is 2.54. The van der Waals surface area contributed by atoms with E-state index in [9.17, 15) is 0 Å². The molecule has 3 nitrogen and oxygen atoms in total. The molecule has 1 atom stereocenters. The summed E-state index contributed by atoms with van der Waals surface area (Å²) in [6.45, 7) is 6.06. The SMILES string of the molecule is Cc1ccoc1CNCC(C)N(C)C. The van der Waals surface area contributed by atoms with Gasteiger partial charge in [0.15, 0.2) is 0 Å². The minimum atomic E-state index is 0.547. The van der Waals surface area contributed by atoms with Crippen LogP contribution in [0.3, 0.4) is 0 Å². The van der Waals surface area contributed by atoms with Crippen LogP contribution in [0.4, 0.5) is 0 Å². The Labute approximate surface area is 86.1 Å². The summed E-state index contributed by atoms with van der Waals surface area (Å²) in [5.41, 5.74) is 1.22. The van der Waals surface area contributed by atoms with E-state index in [1.54, 1.807) is 6.26 Å². The zero-order chi connectivity index (χ0) is 10.6. The van der Waals surface area contributed by atoms with Crippen molar-refractivity contribution in [3.05, 3.63) is 23.7 Å². The molecule has 14 heavy (non-hydrogen) atoms. The van der Waals surface area contributed by atoms with Gasteiger partial charge in [-0.2, -0.15) is 0 Å². The van der Waals surface area contributed by atoms with Gasteiger partial charge in [-0.3, -0.25) is 0 Å². The molecule has 1 aromatic heterocycles. The normalized spacial score (nSPS) is 13.5. The molecule has 3 heteroatoms. The number of likely N-dealkylation sites (N-methyl/N-ethyl adjacent to an activating group) is 1. The van der Waals surface area contributed by atoms with Crippen LogP contribution in [0.25, 0.3) is 0 Å². The molecule has 0 aliphatic carbocycles. The van der Waals surface area contributed by atoms with E-state index in [-0.39, 0.29) is 0 Å². The topological polar surface area (TPSA) is 28.4 Å². The molecule has 80 valence electrons. The van der Waals surface area contributed by atoms with Crippen LogP contribution in [0.2, 0.25) is 0 Å². The predicted molar refractivity (Wildman–Crippen MR) is 58.3 cm³/mol. The molecular weight excluding hydrogens is 176 g/mol. The summed E-state index contributed by atoms with van der Waals surface area (Å²) >= 11 is 0. The van der Waals surface area contributed by atoms with Crippen molar-refractivity contribution in [2.45, 2.75) is 26.4 Å². The Hall–Kier alpha value is -0.800. The third-order valence-electron chi connectivity index (χ3n) is 2.58. The first kappa shape index (κ1) is 11.3. The summed E-state index contributed by atoms with van der Waals surface area (Å²) in [5.74, 6) is 1.04. The predicted octanol–water partition coefficient (Wildman–Crippen LogP) is 1.63. The van der Waals surface area contributed by atoms with Crippen LogP contribution in [-0.4, -0.2) is 31.6 Å². The van der Waals surface area contributed by atoms with E-state index in [4.69, 9.17) is 4.42 Å². The summed E-state index contributed by atoms with van der Waals surface area (Å²) < 4.78 is 5.33. The maximum atomic E-state index is 5.33. The highest BCUT2D eigenvalue weighted by atomic mass is 16.3. The van der Waals surface area contributed by atoms with Gasteiger partial charge >= 0.3 is 0 Å². The zero-order valence-corrected chi connectivity index (χ0v) is 9.50. The average Bonchev–Trinajstić information content (AvgIpc) is 2.51. The van der Waals surface area contributed by atoms with Crippen LogP contribution in [0, 0.1) is 6.92 Å². The first-order chi connectivity index (χ1) is 6.61. The van der Waals surface area contributed by atoms with E-state index < -0.39 is 0 Å². The number of aryl methyl sites for hydroxylation is 1. The van der Waals surface area contributed by atoms with E-state index in [0.717, 1.165) is 18.8 Å². The molecule has 0 aromatic carbocycles. The first-order valence-electron chi connectivity index (χ1n) is 5.01. The molecule has 0 spiro atoms. The lowest BCUT2D eigenvalue weighted by Crippen LogP contribution is -2.35. The molecule has 1 heterocycles. The monoisotopic (exact) mass is 196 g/mol. The molecule has 1 unspecified atom stereocenters. The fraction of sp³-hybridized carbons (Fsp3) is 0.636. The largest absolute Gasteiger partial charge is 0.468 e. The van der Waals surface area contributed by atoms with Crippen LogP contribution in [0.15, 0.2) is 16.7 Å². The lowest BCUT2D eigenvalue weighted by atomic mass is 10.2. The van der Waals surface area contributed by atoms with Crippen LogP contribution in [0.5, 0.6) is 0 Å². The van der Waals surface area contributed by atoms with Crippen molar-refractivity contribution in [2.75, 3.05) is 20.6 Å². The molecule has 1 aromatic rings. The summed E-state index contributed by atoms with van der Waals surface area (Å²) in [6.07, 6.45) is 1.74. The van der Waals surface area contributed by atoms with Crippen molar-refractivity contribution >= 4 is 0 Å². The minimum Gasteiger partial charge on any atom is -0.468 e. The van der Waals surface area contributed by atoms with E-state index in [2.05, 4.69) is 38.2 Å². The molecule has 1 rings (SSSR count). The van der Waals surface area contributed by atoms with Gasteiger partial charge in [0.1, 0.15) is 5.76 Å². The number of furan rings is 1. The average molecular weight is 196 g/mol. The number of hydrogen-bond acceptors (Lipinski definition) is 3. The number of rotatable bonds is 5. The number of nitrogens with one attached hydrogen (secondary N) is 1. The Morgan fingerprint density at radius 3 is 2.71 bits per heavy atom. The van der Waals surface area contributed by atoms with Crippen molar-refractivity contribution in [1.82, 2.24) is 10.2 Å². The van der Waals surface area contributed by atoms with Gasteiger partial charge in [0.2, 0.25) is 0 Å².